The van der Waals surface area contributed by atoms with Gasteiger partial charge in [0.2, 0.25) is 0 Å². The van der Waals surface area contributed by atoms with E-state index in [2.05, 4.69) is 47.7 Å². The third-order valence-electron chi connectivity index (χ3n) is 3.81. The number of rotatable bonds is 10. The molecule has 0 saturated heterocycles. The first-order valence-corrected chi connectivity index (χ1v) is 8.62. The van der Waals surface area contributed by atoms with Crippen LogP contribution in [0.15, 0.2) is 22.8 Å². The molecular formula is C16H28BrNO. The summed E-state index contributed by atoms with van der Waals surface area (Å²) in [5.74, 6) is 1.07. The normalized spacial score (nSPS) is 12.3. The summed E-state index contributed by atoms with van der Waals surface area (Å²) < 4.78 is 5.48. The van der Waals surface area contributed by atoms with Crippen molar-refractivity contribution in [2.45, 2.75) is 53.0 Å². The van der Waals surface area contributed by atoms with Crippen molar-refractivity contribution in [3.63, 3.8) is 0 Å². The maximum absolute atomic E-state index is 5.48. The molecule has 0 atom stereocenters. The van der Waals surface area contributed by atoms with Crippen LogP contribution in [0.2, 0.25) is 0 Å². The van der Waals surface area contributed by atoms with E-state index in [4.69, 9.17) is 4.42 Å². The zero-order valence-electron chi connectivity index (χ0n) is 12.6. The van der Waals surface area contributed by atoms with Crippen LogP contribution in [0.5, 0.6) is 0 Å². The summed E-state index contributed by atoms with van der Waals surface area (Å²) in [6.07, 6.45) is 6.86. The van der Waals surface area contributed by atoms with Crippen LogP contribution in [0.25, 0.3) is 0 Å². The van der Waals surface area contributed by atoms with E-state index in [-0.39, 0.29) is 0 Å². The van der Waals surface area contributed by atoms with E-state index in [9.17, 15) is 0 Å². The van der Waals surface area contributed by atoms with Crippen molar-refractivity contribution < 1.29 is 4.42 Å². The molecule has 0 aliphatic carbocycles. The minimum Gasteiger partial charge on any atom is -0.468 e. The molecule has 1 aromatic heterocycles. The Kier molecular flexibility index (Phi) is 7.77. The zero-order chi connectivity index (χ0) is 14.1. The van der Waals surface area contributed by atoms with E-state index in [0.29, 0.717) is 5.41 Å². The van der Waals surface area contributed by atoms with Crippen LogP contribution in [-0.2, 0) is 6.54 Å². The Morgan fingerprint density at radius 2 is 1.89 bits per heavy atom. The van der Waals surface area contributed by atoms with Gasteiger partial charge in [0.05, 0.1) is 12.8 Å². The molecule has 0 radical (unpaired) electrons. The Hall–Kier alpha value is -0.280. The molecule has 0 aromatic carbocycles. The monoisotopic (exact) mass is 329 g/mol. The molecule has 0 N–H and O–H groups in total. The Morgan fingerprint density at radius 1 is 1.21 bits per heavy atom. The maximum Gasteiger partial charge on any atom is 0.117 e. The summed E-state index contributed by atoms with van der Waals surface area (Å²) in [7, 11) is 0. The average Bonchev–Trinajstić information content (AvgIpc) is 2.91. The topological polar surface area (TPSA) is 16.4 Å². The number of halogens is 1. The van der Waals surface area contributed by atoms with Gasteiger partial charge in [-0.1, -0.05) is 49.5 Å². The van der Waals surface area contributed by atoms with E-state index < -0.39 is 0 Å². The second-order valence-corrected chi connectivity index (χ2v) is 6.08. The minimum absolute atomic E-state index is 0.409. The summed E-state index contributed by atoms with van der Waals surface area (Å²) in [4.78, 5) is 2.51. The van der Waals surface area contributed by atoms with Gasteiger partial charge in [0.15, 0.2) is 0 Å². The molecule has 2 nitrogen and oxygen atoms in total. The molecule has 0 aliphatic heterocycles. The van der Waals surface area contributed by atoms with Gasteiger partial charge < -0.3 is 4.42 Å². The van der Waals surface area contributed by atoms with Crippen LogP contribution in [0.1, 0.15) is 52.2 Å². The first-order valence-electron chi connectivity index (χ1n) is 7.50. The molecule has 0 saturated carbocycles. The molecule has 110 valence electrons. The van der Waals surface area contributed by atoms with Crippen LogP contribution < -0.4 is 0 Å². The smallest absolute Gasteiger partial charge is 0.117 e. The predicted molar refractivity (Wildman–Crippen MR) is 85.7 cm³/mol. The van der Waals surface area contributed by atoms with Crippen LogP contribution in [0, 0.1) is 5.41 Å². The Morgan fingerprint density at radius 3 is 2.32 bits per heavy atom. The van der Waals surface area contributed by atoms with E-state index in [1.54, 1.807) is 6.26 Å². The van der Waals surface area contributed by atoms with Crippen molar-refractivity contribution in [2.75, 3.05) is 18.4 Å². The molecule has 1 aromatic rings. The molecule has 0 bridgehead atoms. The van der Waals surface area contributed by atoms with Crippen LogP contribution >= 0.6 is 15.9 Å². The fourth-order valence-corrected chi connectivity index (χ4v) is 3.63. The Labute approximate surface area is 126 Å². The van der Waals surface area contributed by atoms with E-state index in [1.807, 2.05) is 6.07 Å². The van der Waals surface area contributed by atoms with Crippen LogP contribution in [0.3, 0.4) is 0 Å². The van der Waals surface area contributed by atoms with E-state index in [0.717, 1.165) is 30.7 Å². The fourth-order valence-electron chi connectivity index (χ4n) is 2.90. The number of nitrogens with zero attached hydrogens (tertiary/aromatic N) is 1. The second kappa shape index (κ2) is 8.80. The number of alkyl halides is 1. The van der Waals surface area contributed by atoms with Gasteiger partial charge in [0, 0.05) is 11.9 Å². The molecule has 1 heterocycles. The lowest BCUT2D eigenvalue weighted by atomic mass is 9.80. The minimum atomic E-state index is 0.409. The third-order valence-corrected chi connectivity index (χ3v) is 5.00. The molecule has 0 aliphatic rings. The SMILES string of the molecule is CCCC(CBr)(CCC)CN(CC)Cc1ccco1. The highest BCUT2D eigenvalue weighted by Crippen LogP contribution is 2.33. The predicted octanol–water partition coefficient (Wildman–Crippen LogP) is 5.08. The molecule has 0 unspecified atom stereocenters. The standard InChI is InChI=1S/C16H28BrNO/c1-4-9-16(13-17,10-5-2)14-18(6-3)12-15-8-7-11-19-15/h7-8,11H,4-6,9-10,12-14H2,1-3H3. The quantitative estimate of drug-likeness (QED) is 0.556. The first kappa shape index (κ1) is 16.8. The van der Waals surface area contributed by atoms with Gasteiger partial charge in [-0.05, 0) is 36.9 Å². The van der Waals surface area contributed by atoms with Crippen molar-refractivity contribution in [1.29, 1.82) is 0 Å². The van der Waals surface area contributed by atoms with E-state index >= 15 is 0 Å². The number of hydrogen-bond acceptors (Lipinski definition) is 2. The van der Waals surface area contributed by atoms with Gasteiger partial charge in [0.1, 0.15) is 5.76 Å². The Bertz CT molecular complexity index is 317. The van der Waals surface area contributed by atoms with Crippen LogP contribution in [0.4, 0.5) is 0 Å². The largest absolute Gasteiger partial charge is 0.468 e. The summed E-state index contributed by atoms with van der Waals surface area (Å²) in [5, 5.41) is 1.09. The lowest BCUT2D eigenvalue weighted by Gasteiger charge is -2.36. The average molecular weight is 330 g/mol. The molecular weight excluding hydrogens is 302 g/mol. The van der Waals surface area contributed by atoms with Gasteiger partial charge in [-0.3, -0.25) is 4.90 Å². The summed E-state index contributed by atoms with van der Waals surface area (Å²) in [6.45, 7) is 9.96. The van der Waals surface area contributed by atoms with Gasteiger partial charge in [0.25, 0.3) is 0 Å². The highest BCUT2D eigenvalue weighted by Gasteiger charge is 2.29. The third kappa shape index (κ3) is 5.31. The van der Waals surface area contributed by atoms with E-state index in [1.165, 1.54) is 25.7 Å². The lowest BCUT2D eigenvalue weighted by Crippen LogP contribution is -2.38. The van der Waals surface area contributed by atoms with Crippen LogP contribution in [-0.4, -0.2) is 23.3 Å². The van der Waals surface area contributed by atoms with Gasteiger partial charge >= 0.3 is 0 Å². The Balaban J connectivity index is 2.68. The summed E-state index contributed by atoms with van der Waals surface area (Å²) >= 11 is 3.76. The molecule has 19 heavy (non-hydrogen) atoms. The second-order valence-electron chi connectivity index (χ2n) is 5.52. The fraction of sp³-hybridized carbons (Fsp3) is 0.750. The first-order chi connectivity index (χ1) is 9.19. The van der Waals surface area contributed by atoms with Gasteiger partial charge in [-0.2, -0.15) is 0 Å². The maximum atomic E-state index is 5.48. The van der Waals surface area contributed by atoms with Crippen molar-refractivity contribution in [1.82, 2.24) is 4.90 Å². The highest BCUT2D eigenvalue weighted by molar-refractivity contribution is 9.09. The lowest BCUT2D eigenvalue weighted by molar-refractivity contribution is 0.139. The highest BCUT2D eigenvalue weighted by atomic mass is 79.9. The molecule has 3 heteroatoms. The summed E-state index contributed by atoms with van der Waals surface area (Å²) in [6, 6.07) is 4.04. The molecule has 1 rings (SSSR count). The van der Waals surface area contributed by atoms with Crippen molar-refractivity contribution in [3.8, 4) is 0 Å². The van der Waals surface area contributed by atoms with Crippen molar-refractivity contribution in [3.05, 3.63) is 24.2 Å². The molecule has 0 fully saturated rings. The number of furan rings is 1. The summed E-state index contributed by atoms with van der Waals surface area (Å²) in [5.41, 5.74) is 0.409. The van der Waals surface area contributed by atoms with Gasteiger partial charge in [-0.25, -0.2) is 0 Å². The number of hydrogen-bond donors (Lipinski definition) is 0. The van der Waals surface area contributed by atoms with Crippen molar-refractivity contribution >= 4 is 15.9 Å². The van der Waals surface area contributed by atoms with Crippen molar-refractivity contribution in [2.24, 2.45) is 5.41 Å². The van der Waals surface area contributed by atoms with Gasteiger partial charge in [-0.15, -0.1) is 0 Å². The zero-order valence-corrected chi connectivity index (χ0v) is 14.2. The molecule has 0 amide bonds. The molecule has 0 spiro atoms.